The number of piperazine rings is 1. The van der Waals surface area contributed by atoms with E-state index in [0.717, 1.165) is 64.0 Å². The lowest BCUT2D eigenvalue weighted by molar-refractivity contribution is -0.127. The van der Waals surface area contributed by atoms with Gasteiger partial charge in [0.1, 0.15) is 0 Å². The molecular formula is C27H36FN7O. The van der Waals surface area contributed by atoms with E-state index in [2.05, 4.69) is 61.8 Å². The molecule has 4 fully saturated rings. The number of anilines is 4. The molecule has 3 aliphatic carbocycles. The van der Waals surface area contributed by atoms with Gasteiger partial charge in [0.05, 0.1) is 12.1 Å². The highest BCUT2D eigenvalue weighted by atomic mass is 19.1. The predicted octanol–water partition coefficient (Wildman–Crippen LogP) is 3.52. The number of nitrogens with zero attached hydrogens (tertiary/aromatic N) is 4. The fourth-order valence-corrected chi connectivity index (χ4v) is 6.35. The number of rotatable bonds is 7. The van der Waals surface area contributed by atoms with E-state index < -0.39 is 5.82 Å². The number of fused-ring (bicyclic) bond motifs is 2. The number of amides is 1. The third kappa shape index (κ3) is 4.73. The molecule has 2 bridgehead atoms. The molecule has 4 aliphatic rings. The summed E-state index contributed by atoms with van der Waals surface area (Å²) < 4.78 is 14.8. The van der Waals surface area contributed by atoms with E-state index in [1.807, 2.05) is 6.07 Å². The Morgan fingerprint density at radius 2 is 1.86 bits per heavy atom. The lowest BCUT2D eigenvalue weighted by Gasteiger charge is -2.35. The summed E-state index contributed by atoms with van der Waals surface area (Å²) in [5.41, 5.74) is 3.28. The van der Waals surface area contributed by atoms with Gasteiger partial charge in [0.25, 0.3) is 0 Å². The molecule has 2 aromatic rings. The van der Waals surface area contributed by atoms with Crippen LogP contribution in [-0.2, 0) is 4.79 Å². The number of benzene rings is 1. The first-order valence-corrected chi connectivity index (χ1v) is 13.4. The van der Waals surface area contributed by atoms with E-state index in [9.17, 15) is 9.18 Å². The average Bonchev–Trinajstić information content (AvgIpc) is 3.44. The fourth-order valence-electron chi connectivity index (χ4n) is 6.35. The van der Waals surface area contributed by atoms with E-state index in [4.69, 9.17) is 0 Å². The van der Waals surface area contributed by atoms with Crippen molar-refractivity contribution in [3.05, 3.63) is 35.8 Å². The SMILES string of the molecule is Cc1cc(Nc2ncc(F)c(N[C@@H]3[C@H]4CC[C@H](C4)[C@@H]3C(=O)NC3CC3)n2)ccc1N1CCN(C)CC1. The molecule has 9 heteroatoms. The van der Waals surface area contributed by atoms with Crippen LogP contribution in [0.5, 0.6) is 0 Å². The lowest BCUT2D eigenvalue weighted by Crippen LogP contribution is -2.45. The summed E-state index contributed by atoms with van der Waals surface area (Å²) in [6, 6.07) is 6.47. The van der Waals surface area contributed by atoms with Gasteiger partial charge in [-0.2, -0.15) is 4.98 Å². The van der Waals surface area contributed by atoms with Crippen molar-refractivity contribution >= 4 is 29.0 Å². The number of halogens is 1. The molecule has 1 aromatic heterocycles. The van der Waals surface area contributed by atoms with Crippen molar-refractivity contribution in [3.8, 4) is 0 Å². The van der Waals surface area contributed by atoms with Crippen LogP contribution < -0.4 is 20.9 Å². The van der Waals surface area contributed by atoms with E-state index in [1.54, 1.807) is 0 Å². The first kappa shape index (κ1) is 23.5. The summed E-state index contributed by atoms with van der Waals surface area (Å²) in [6.07, 6.45) is 6.51. The monoisotopic (exact) mass is 493 g/mol. The number of hydrogen-bond donors (Lipinski definition) is 3. The van der Waals surface area contributed by atoms with Crippen LogP contribution >= 0.6 is 0 Å². The maximum atomic E-state index is 14.8. The minimum Gasteiger partial charge on any atom is -0.369 e. The Kier molecular flexibility index (Phi) is 6.19. The Balaban J connectivity index is 1.16. The topological polar surface area (TPSA) is 85.4 Å². The van der Waals surface area contributed by atoms with Crippen molar-refractivity contribution in [1.29, 1.82) is 0 Å². The Labute approximate surface area is 212 Å². The lowest BCUT2D eigenvalue weighted by atomic mass is 9.83. The number of aryl methyl sites for hydroxylation is 1. The molecule has 36 heavy (non-hydrogen) atoms. The van der Waals surface area contributed by atoms with Crippen molar-refractivity contribution < 1.29 is 9.18 Å². The number of nitrogens with one attached hydrogen (secondary N) is 3. The van der Waals surface area contributed by atoms with Gasteiger partial charge in [0.2, 0.25) is 11.9 Å². The zero-order chi connectivity index (χ0) is 24.8. The van der Waals surface area contributed by atoms with E-state index in [-0.39, 0.29) is 23.7 Å². The number of aromatic nitrogens is 2. The Morgan fingerprint density at radius 3 is 2.61 bits per heavy atom. The summed E-state index contributed by atoms with van der Waals surface area (Å²) in [5, 5.41) is 9.73. The predicted molar refractivity (Wildman–Crippen MR) is 139 cm³/mol. The normalized spacial score (nSPS) is 27.8. The highest BCUT2D eigenvalue weighted by Crippen LogP contribution is 2.50. The Hall–Kier alpha value is -2.94. The molecule has 1 saturated heterocycles. The van der Waals surface area contributed by atoms with Crippen LogP contribution in [-0.4, -0.2) is 66.1 Å². The molecule has 4 atom stereocenters. The number of carbonyl (C=O) groups excluding carboxylic acids is 1. The van der Waals surface area contributed by atoms with E-state index in [1.165, 1.54) is 17.4 Å². The second-order valence-electron chi connectivity index (χ2n) is 11.1. The van der Waals surface area contributed by atoms with Crippen molar-refractivity contribution in [2.24, 2.45) is 17.8 Å². The molecule has 1 aliphatic heterocycles. The van der Waals surface area contributed by atoms with E-state index >= 15 is 0 Å². The number of hydrogen-bond acceptors (Lipinski definition) is 7. The maximum absolute atomic E-state index is 14.8. The van der Waals surface area contributed by atoms with Crippen molar-refractivity contribution in [3.63, 3.8) is 0 Å². The van der Waals surface area contributed by atoms with Crippen LogP contribution in [0.2, 0.25) is 0 Å². The summed E-state index contributed by atoms with van der Waals surface area (Å²) in [6.45, 7) is 6.26. The first-order valence-electron chi connectivity index (χ1n) is 13.4. The zero-order valence-corrected chi connectivity index (χ0v) is 21.1. The molecule has 3 N–H and O–H groups in total. The molecule has 192 valence electrons. The van der Waals surface area contributed by atoms with Crippen LogP contribution in [0.25, 0.3) is 0 Å². The summed E-state index contributed by atoms with van der Waals surface area (Å²) in [7, 11) is 2.16. The molecule has 1 amide bonds. The Morgan fingerprint density at radius 1 is 1.08 bits per heavy atom. The highest BCUT2D eigenvalue weighted by molar-refractivity contribution is 5.81. The van der Waals surface area contributed by atoms with Crippen LogP contribution in [0.3, 0.4) is 0 Å². The number of likely N-dealkylation sites (N-methyl/N-ethyl adjacent to an activating group) is 1. The Bertz CT molecular complexity index is 1130. The van der Waals surface area contributed by atoms with Crippen LogP contribution in [0.15, 0.2) is 24.4 Å². The molecule has 0 unspecified atom stereocenters. The molecule has 8 nitrogen and oxygen atoms in total. The standard InChI is InChI=1S/C27H36FN7O/c1-16-13-20(7-8-22(16)35-11-9-34(2)10-12-35)31-27-29-15-21(28)25(33-27)32-24-18-4-3-17(14-18)23(24)26(36)30-19-5-6-19/h7-8,13,15,17-19,23-24H,3-6,9-12,14H2,1-2H3,(H,30,36)(H2,29,31,32,33)/t17-,18+,23+,24-/m1/s1. The van der Waals surface area contributed by atoms with Crippen LogP contribution in [0.4, 0.5) is 27.5 Å². The largest absolute Gasteiger partial charge is 0.369 e. The third-order valence-electron chi connectivity index (χ3n) is 8.49. The van der Waals surface area contributed by atoms with Gasteiger partial charge in [-0.15, -0.1) is 0 Å². The molecule has 1 aromatic carbocycles. The van der Waals surface area contributed by atoms with Gasteiger partial charge >= 0.3 is 0 Å². The number of carbonyl (C=O) groups is 1. The highest BCUT2D eigenvalue weighted by Gasteiger charge is 2.51. The summed E-state index contributed by atoms with van der Waals surface area (Å²) in [4.78, 5) is 26.4. The van der Waals surface area contributed by atoms with Gasteiger partial charge in [-0.05, 0) is 81.7 Å². The third-order valence-corrected chi connectivity index (χ3v) is 8.49. The molecule has 6 rings (SSSR count). The van der Waals surface area contributed by atoms with Gasteiger partial charge in [0, 0.05) is 49.6 Å². The smallest absolute Gasteiger partial charge is 0.229 e. The average molecular weight is 494 g/mol. The van der Waals surface area contributed by atoms with Gasteiger partial charge in [0.15, 0.2) is 11.6 Å². The molecule has 3 saturated carbocycles. The zero-order valence-electron chi connectivity index (χ0n) is 21.1. The van der Waals surface area contributed by atoms with Gasteiger partial charge in [-0.25, -0.2) is 9.37 Å². The molecular weight excluding hydrogens is 457 g/mol. The van der Waals surface area contributed by atoms with Gasteiger partial charge in [-0.1, -0.05) is 0 Å². The van der Waals surface area contributed by atoms with Crippen LogP contribution in [0.1, 0.15) is 37.7 Å². The molecule has 2 heterocycles. The second kappa shape index (κ2) is 9.50. The maximum Gasteiger partial charge on any atom is 0.229 e. The fraction of sp³-hybridized carbons (Fsp3) is 0.593. The van der Waals surface area contributed by atoms with Crippen molar-refractivity contribution in [2.45, 2.75) is 51.1 Å². The quantitative estimate of drug-likeness (QED) is 0.544. The summed E-state index contributed by atoms with van der Waals surface area (Å²) >= 11 is 0. The van der Waals surface area contributed by atoms with Crippen LogP contribution in [0, 0.1) is 30.5 Å². The first-order chi connectivity index (χ1) is 17.4. The molecule has 0 radical (unpaired) electrons. The van der Waals surface area contributed by atoms with Crippen molar-refractivity contribution in [2.75, 3.05) is 48.8 Å². The van der Waals surface area contributed by atoms with Gasteiger partial charge in [-0.3, -0.25) is 4.79 Å². The summed E-state index contributed by atoms with van der Waals surface area (Å²) in [5.74, 6) is 0.751. The van der Waals surface area contributed by atoms with Gasteiger partial charge < -0.3 is 25.8 Å². The van der Waals surface area contributed by atoms with Crippen molar-refractivity contribution in [1.82, 2.24) is 20.2 Å². The molecule has 0 spiro atoms. The minimum atomic E-state index is -0.494. The minimum absolute atomic E-state index is 0.0927. The second-order valence-corrected chi connectivity index (χ2v) is 11.1. The van der Waals surface area contributed by atoms with E-state index in [0.29, 0.717) is 23.8 Å².